The molecule has 0 saturated carbocycles. The van der Waals surface area contributed by atoms with Crippen LogP contribution < -0.4 is 26.6 Å². The summed E-state index contributed by atoms with van der Waals surface area (Å²) in [5.74, 6) is -6.90. The molecule has 16 amide bonds. The number of likely N-dealkylation sites (tertiary alicyclic amines) is 2. The van der Waals surface area contributed by atoms with Gasteiger partial charge in [0, 0.05) is 98.3 Å². The first kappa shape index (κ1) is 99.9. The number of fused-ring (bicyclic) bond motifs is 3. The predicted octanol–water partition coefficient (Wildman–Crippen LogP) is 9.73. The number of carbonyl (C=O) groups is 17. The molecule has 32 nitrogen and oxygen atoms in total. The van der Waals surface area contributed by atoms with Crippen molar-refractivity contribution in [3.05, 3.63) is 105 Å². The fourth-order valence-corrected chi connectivity index (χ4v) is 15.5. The quantitative estimate of drug-likeness (QED) is 0.0426. The molecule has 6 saturated heterocycles. The van der Waals surface area contributed by atoms with Gasteiger partial charge in [-0.15, -0.1) is 0 Å². The van der Waals surface area contributed by atoms with E-state index in [0.29, 0.717) is 137 Å². The number of carbonyl (C=O) groups excluding carboxylic acids is 16. The molecule has 0 radical (unpaired) electrons. The summed E-state index contributed by atoms with van der Waals surface area (Å²) < 4.78 is 17.0. The van der Waals surface area contributed by atoms with E-state index in [-0.39, 0.29) is 127 Å². The zero-order valence-electron chi connectivity index (χ0n) is 69.4. The number of imide groups is 6. The van der Waals surface area contributed by atoms with Gasteiger partial charge in [-0.2, -0.15) is 0 Å². The van der Waals surface area contributed by atoms with Crippen LogP contribution in [0.25, 0.3) is 0 Å². The highest BCUT2D eigenvalue weighted by atomic mass is 16.6. The van der Waals surface area contributed by atoms with Crippen molar-refractivity contribution < 1.29 is 97.5 Å². The van der Waals surface area contributed by atoms with Crippen molar-refractivity contribution in [2.45, 2.75) is 287 Å². The molecule has 3 aromatic rings. The van der Waals surface area contributed by atoms with E-state index in [1.54, 1.807) is 77.2 Å². The Balaban J connectivity index is 0.000000346. The molecule has 12 rings (SSSR count). The molecule has 3 aromatic carbocycles. The summed E-state index contributed by atoms with van der Waals surface area (Å²) in [6, 6.07) is 13.1. The maximum absolute atomic E-state index is 13.2. The summed E-state index contributed by atoms with van der Waals surface area (Å²) in [6.45, 7) is 18.0. The number of ether oxygens (including phenoxy) is 2. The van der Waals surface area contributed by atoms with Crippen LogP contribution in [0.15, 0.2) is 54.6 Å². The number of hydrogen-bond acceptors (Lipinski definition) is 21. The van der Waals surface area contributed by atoms with Gasteiger partial charge in [-0.3, -0.25) is 103 Å². The molecule has 662 valence electrons. The molecule has 3 unspecified atom stereocenters. The number of hydrogen-bond donors (Lipinski definition) is 6. The molecule has 0 spiro atoms. The van der Waals surface area contributed by atoms with E-state index in [1.165, 1.54) is 0 Å². The Labute approximate surface area is 707 Å². The standard InChI is InChI=1S/C29H38N4O7.C24H30N4O5.C18H18N2O6.C11H22N2O2.C2H6.4CH4/c1-29(2,3)40-28(39)32-16-14-19(15-17-32)31(4)23(35)11-6-5-8-18-9-7-10-20-24(18)27(38)33(26(20)37)21-12-13-22(34)30-25(21)36;1-27(16-11-13-25-14-12-16)20(30)8-3-2-5-15-6-4-7-17-21(15)24(33)28(23(17)32)18-9-10-19(29)26-22(18)31;21-13-9-8-12(16(24)19-13)20-17(25)11-6-3-5-10(15(11)18(20)26)4-1-2-7-14(22)23;1-11(2,3)15-10(14)13-7-5-9(12-4)6-8-13;1-2;;;;/h7,9-10,19,21H,5-6,8,11-17H2,1-4H3,(H,30,34,36);4,6-7,16,18,25H,2-3,5,8-14H2,1H3,(H,26,29,31);3,5-6,12H,1-2,4,7-9H2,(H,22,23)(H,19,21,24);9,12H,5-8H2,1-4H3;1-2H3;4*1H4/i;;;;1D;;;;. The summed E-state index contributed by atoms with van der Waals surface area (Å²) in [7, 11) is 5.64. The largest absolute Gasteiger partial charge is 0.481 e. The van der Waals surface area contributed by atoms with E-state index >= 15 is 0 Å². The van der Waals surface area contributed by atoms with Gasteiger partial charge in [0.15, 0.2) is 0 Å². The Bertz CT molecular complexity index is 4250. The fraction of sp³-hybridized carbons (Fsp3) is 0.602. The van der Waals surface area contributed by atoms with Crippen molar-refractivity contribution >= 4 is 101 Å². The van der Waals surface area contributed by atoms with Gasteiger partial charge in [0.25, 0.3) is 35.4 Å². The number of unbranched alkanes of at least 4 members (excludes halogenated alkanes) is 3. The van der Waals surface area contributed by atoms with E-state index in [9.17, 15) is 81.5 Å². The van der Waals surface area contributed by atoms with Crippen LogP contribution in [0.1, 0.15) is 300 Å². The lowest BCUT2D eigenvalue weighted by Crippen LogP contribution is -2.54. The van der Waals surface area contributed by atoms with Gasteiger partial charge in [-0.05, 0) is 212 Å². The van der Waals surface area contributed by atoms with Crippen LogP contribution in [-0.2, 0) is 71.9 Å². The maximum atomic E-state index is 13.2. The summed E-state index contributed by atoms with van der Waals surface area (Å²) >= 11 is 0. The Morgan fingerprint density at radius 1 is 0.458 bits per heavy atom. The van der Waals surface area contributed by atoms with Crippen LogP contribution in [-0.4, -0.2) is 248 Å². The minimum Gasteiger partial charge on any atom is -0.481 e. The normalized spacial score (nSPS) is 19.3. The fourth-order valence-electron chi connectivity index (χ4n) is 15.5. The molecule has 0 bridgehead atoms. The SMILES string of the molecule is C.C.C.C.CN(C(=O)CCCCc1cccc2c1C(=O)N(C1CCC(=O)NC1=O)C2=O)C1CCN(C(=O)OC(C)(C)C)CC1.CN(C(=O)CCCCc1cccc2c1C(=O)N(C1CCC(=O)NC1=O)C2=O)C1CCNCC1.CNC1CCN(C(=O)OC(C)(C)C)CC1.O=C(O)CCCCc1cccc2c1C(=O)N(C1CCC(=O)NC1=O)C2=O.[2H]CC. The number of rotatable bonds is 21. The molecule has 0 aliphatic carbocycles. The lowest BCUT2D eigenvalue weighted by molar-refractivity contribution is -0.138. The summed E-state index contributed by atoms with van der Waals surface area (Å²) in [5, 5.41) is 21.8. The smallest absolute Gasteiger partial charge is 0.410 e. The number of carboxylic acids is 1. The van der Waals surface area contributed by atoms with Crippen molar-refractivity contribution in [1.29, 1.82) is 0 Å². The van der Waals surface area contributed by atoms with Crippen molar-refractivity contribution in [2.24, 2.45) is 0 Å². The number of piperidine rings is 6. The Morgan fingerprint density at radius 3 is 1.05 bits per heavy atom. The van der Waals surface area contributed by atoms with Crippen LogP contribution in [0, 0.1) is 0 Å². The molecule has 9 aliphatic heterocycles. The third-order valence-electron chi connectivity index (χ3n) is 21.8. The Kier molecular flexibility index (Phi) is 38.5. The van der Waals surface area contributed by atoms with Crippen molar-refractivity contribution in [3.8, 4) is 0 Å². The van der Waals surface area contributed by atoms with Gasteiger partial charge < -0.3 is 44.8 Å². The average Bonchev–Trinajstić information content (AvgIpc) is 1.62. The molecule has 6 N–H and O–H groups in total. The first-order valence-corrected chi connectivity index (χ1v) is 40.4. The zero-order valence-corrected chi connectivity index (χ0v) is 68.4. The molecular formula is C88H130N12O20. The maximum Gasteiger partial charge on any atom is 0.410 e. The molecule has 120 heavy (non-hydrogen) atoms. The second kappa shape index (κ2) is 46.2. The minimum absolute atomic E-state index is 0. The monoisotopic (exact) mass is 1680 g/mol. The Hall–Kier alpha value is -10.6. The number of aryl methyl sites for hydroxylation is 3. The van der Waals surface area contributed by atoms with Crippen LogP contribution >= 0.6 is 0 Å². The average molecular weight is 1680 g/mol. The lowest BCUT2D eigenvalue weighted by atomic mass is 9.97. The van der Waals surface area contributed by atoms with E-state index in [4.69, 9.17) is 16.0 Å². The third kappa shape index (κ3) is 26.2. The van der Waals surface area contributed by atoms with Gasteiger partial charge in [0.2, 0.25) is 47.3 Å². The van der Waals surface area contributed by atoms with Gasteiger partial charge in [-0.25, -0.2) is 9.59 Å². The van der Waals surface area contributed by atoms with Crippen LogP contribution in [0.4, 0.5) is 9.59 Å². The van der Waals surface area contributed by atoms with Gasteiger partial charge >= 0.3 is 18.2 Å². The first-order chi connectivity index (χ1) is 55.5. The zero-order chi connectivity index (χ0) is 85.8. The highest BCUT2D eigenvalue weighted by Gasteiger charge is 2.49. The number of aliphatic carboxylic acids is 1. The van der Waals surface area contributed by atoms with Gasteiger partial charge in [0.05, 0.1) is 33.4 Å². The van der Waals surface area contributed by atoms with Crippen LogP contribution in [0.5, 0.6) is 0 Å². The molecule has 0 aromatic heterocycles. The van der Waals surface area contributed by atoms with Crippen molar-refractivity contribution in [1.82, 2.24) is 60.9 Å². The molecule has 9 aliphatic rings. The van der Waals surface area contributed by atoms with Gasteiger partial charge in [-0.1, -0.05) is 79.9 Å². The predicted molar refractivity (Wildman–Crippen MR) is 450 cm³/mol. The van der Waals surface area contributed by atoms with Crippen molar-refractivity contribution in [3.63, 3.8) is 0 Å². The van der Waals surface area contributed by atoms with Crippen molar-refractivity contribution in [2.75, 3.05) is 60.4 Å². The summed E-state index contributed by atoms with van der Waals surface area (Å²) in [5.41, 5.74) is 2.91. The summed E-state index contributed by atoms with van der Waals surface area (Å²) in [6.07, 6.45) is 11.5. The summed E-state index contributed by atoms with van der Waals surface area (Å²) in [4.78, 5) is 219. The highest BCUT2D eigenvalue weighted by molar-refractivity contribution is 6.26. The molecular weight excluding hydrogens is 1550 g/mol. The molecule has 9 heterocycles. The Morgan fingerprint density at radius 2 is 0.758 bits per heavy atom. The van der Waals surface area contributed by atoms with E-state index in [1.807, 2.05) is 66.6 Å². The van der Waals surface area contributed by atoms with E-state index in [2.05, 4.69) is 26.6 Å². The number of nitrogens with zero attached hydrogens (tertiary/aromatic N) is 7. The van der Waals surface area contributed by atoms with Gasteiger partial charge in [0.1, 0.15) is 29.3 Å². The second-order valence-corrected chi connectivity index (χ2v) is 32.1. The number of nitrogens with one attached hydrogen (secondary N) is 5. The lowest BCUT2D eigenvalue weighted by Gasteiger charge is -2.37. The topological polar surface area (TPSA) is 412 Å². The molecule has 6 fully saturated rings. The number of carboxylic acid groups (broad SMARTS) is 1. The molecule has 3 atom stereocenters. The number of benzene rings is 3. The van der Waals surface area contributed by atoms with Crippen LogP contribution in [0.3, 0.4) is 0 Å². The second-order valence-electron chi connectivity index (χ2n) is 32.1. The third-order valence-corrected chi connectivity index (χ3v) is 21.8. The number of amides is 16. The first-order valence-electron chi connectivity index (χ1n) is 41.1. The highest BCUT2D eigenvalue weighted by Crippen LogP contribution is 2.35. The minimum atomic E-state index is -0.998. The van der Waals surface area contributed by atoms with E-state index < -0.39 is 106 Å². The van der Waals surface area contributed by atoms with Crippen LogP contribution in [0.2, 0.25) is 0 Å². The van der Waals surface area contributed by atoms with E-state index in [0.717, 1.165) is 72.1 Å². The molecule has 32 heteroatoms.